The monoisotopic (exact) mass is 306 g/mol. The molecule has 0 fully saturated rings. The molecule has 4 heteroatoms. The fourth-order valence-electron chi connectivity index (χ4n) is 2.82. The first-order valence-electron chi connectivity index (χ1n) is 7.18. The van der Waals surface area contributed by atoms with Crippen LogP contribution in [0.3, 0.4) is 0 Å². The fraction of sp³-hybridized carbons (Fsp3) is 0.111. The molecule has 2 aromatic carbocycles. The molecule has 2 heterocycles. The van der Waals surface area contributed by atoms with Gasteiger partial charge in [-0.3, -0.25) is 9.36 Å². The quantitative estimate of drug-likeness (QED) is 0.546. The Hall–Kier alpha value is -2.46. The van der Waals surface area contributed by atoms with Crippen molar-refractivity contribution in [1.82, 2.24) is 9.55 Å². The average molecular weight is 306 g/mol. The van der Waals surface area contributed by atoms with E-state index in [-0.39, 0.29) is 5.91 Å². The molecule has 3 nitrogen and oxygen atoms in total. The Morgan fingerprint density at radius 1 is 1.09 bits per heavy atom. The van der Waals surface area contributed by atoms with Crippen LogP contribution in [0, 0.1) is 0 Å². The second-order valence-corrected chi connectivity index (χ2v) is 6.36. The molecule has 108 valence electrons. The summed E-state index contributed by atoms with van der Waals surface area (Å²) >= 11 is 1.60. The Labute approximate surface area is 131 Å². The SMILES string of the molecule is CC(=O)n1c2ccccc2c2nc(Cc3ccccc3)sc21. The number of carbonyl (C=O) groups is 1. The lowest BCUT2D eigenvalue weighted by Crippen LogP contribution is -2.03. The zero-order valence-corrected chi connectivity index (χ0v) is 12.9. The second-order valence-electron chi connectivity index (χ2n) is 5.30. The highest BCUT2D eigenvalue weighted by molar-refractivity contribution is 7.18. The fourth-order valence-corrected chi connectivity index (χ4v) is 3.99. The highest BCUT2D eigenvalue weighted by Gasteiger charge is 2.17. The maximum Gasteiger partial charge on any atom is 0.229 e. The zero-order chi connectivity index (χ0) is 15.1. The third-order valence-corrected chi connectivity index (χ3v) is 4.81. The number of benzene rings is 2. The summed E-state index contributed by atoms with van der Waals surface area (Å²) in [7, 11) is 0. The third-order valence-electron chi connectivity index (χ3n) is 3.77. The van der Waals surface area contributed by atoms with Gasteiger partial charge in [0.05, 0.1) is 10.5 Å². The van der Waals surface area contributed by atoms with E-state index in [1.807, 2.05) is 42.5 Å². The van der Waals surface area contributed by atoms with Gasteiger partial charge in [0.2, 0.25) is 5.91 Å². The lowest BCUT2D eigenvalue weighted by molar-refractivity contribution is 0.0947. The van der Waals surface area contributed by atoms with Crippen LogP contribution < -0.4 is 0 Å². The van der Waals surface area contributed by atoms with Crippen molar-refractivity contribution in [2.75, 3.05) is 0 Å². The van der Waals surface area contributed by atoms with Crippen LogP contribution >= 0.6 is 11.3 Å². The molecular weight excluding hydrogens is 292 g/mol. The largest absolute Gasteiger partial charge is 0.274 e. The van der Waals surface area contributed by atoms with Gasteiger partial charge in [-0.05, 0) is 11.6 Å². The van der Waals surface area contributed by atoms with E-state index in [0.29, 0.717) is 0 Å². The van der Waals surface area contributed by atoms with Crippen molar-refractivity contribution in [2.45, 2.75) is 13.3 Å². The molecule has 0 saturated heterocycles. The van der Waals surface area contributed by atoms with Crippen molar-refractivity contribution >= 4 is 38.5 Å². The molecule has 22 heavy (non-hydrogen) atoms. The lowest BCUT2D eigenvalue weighted by Gasteiger charge is -2.00. The molecule has 0 N–H and O–H groups in total. The Balaban J connectivity index is 1.91. The molecule has 0 aliphatic carbocycles. The summed E-state index contributed by atoms with van der Waals surface area (Å²) in [6, 6.07) is 18.2. The summed E-state index contributed by atoms with van der Waals surface area (Å²) < 4.78 is 1.77. The van der Waals surface area contributed by atoms with Crippen LogP contribution in [0.15, 0.2) is 54.6 Å². The molecule has 0 atom stereocenters. The Morgan fingerprint density at radius 3 is 2.59 bits per heavy atom. The van der Waals surface area contributed by atoms with Gasteiger partial charge in [-0.1, -0.05) is 59.9 Å². The van der Waals surface area contributed by atoms with E-state index in [1.54, 1.807) is 22.8 Å². The maximum absolute atomic E-state index is 12.0. The van der Waals surface area contributed by atoms with Crippen molar-refractivity contribution in [3.8, 4) is 0 Å². The number of thiazole rings is 1. The minimum absolute atomic E-state index is 0.0288. The topological polar surface area (TPSA) is 34.9 Å². The van der Waals surface area contributed by atoms with E-state index in [0.717, 1.165) is 32.7 Å². The number of hydrogen-bond acceptors (Lipinski definition) is 3. The highest BCUT2D eigenvalue weighted by atomic mass is 32.1. The van der Waals surface area contributed by atoms with Crippen molar-refractivity contribution in [1.29, 1.82) is 0 Å². The molecular formula is C18H14N2OS. The number of rotatable bonds is 2. The first kappa shape index (κ1) is 13.2. The maximum atomic E-state index is 12.0. The van der Waals surface area contributed by atoms with Gasteiger partial charge >= 0.3 is 0 Å². The van der Waals surface area contributed by atoms with Crippen molar-refractivity contribution in [3.63, 3.8) is 0 Å². The van der Waals surface area contributed by atoms with Gasteiger partial charge < -0.3 is 0 Å². The normalized spacial score (nSPS) is 11.3. The summed E-state index contributed by atoms with van der Waals surface area (Å²) in [5, 5.41) is 2.08. The van der Waals surface area contributed by atoms with E-state index >= 15 is 0 Å². The molecule has 4 rings (SSSR count). The molecule has 0 bridgehead atoms. The van der Waals surface area contributed by atoms with E-state index < -0.39 is 0 Å². The van der Waals surface area contributed by atoms with E-state index in [1.165, 1.54) is 5.56 Å². The van der Waals surface area contributed by atoms with Gasteiger partial charge in [0, 0.05) is 18.7 Å². The molecule has 0 amide bonds. The van der Waals surface area contributed by atoms with E-state index in [9.17, 15) is 4.79 Å². The zero-order valence-electron chi connectivity index (χ0n) is 12.1. The summed E-state index contributed by atoms with van der Waals surface area (Å²) in [5.41, 5.74) is 3.11. The number of nitrogens with zero attached hydrogens (tertiary/aromatic N) is 2. The van der Waals surface area contributed by atoms with Crippen LogP contribution in [0.1, 0.15) is 22.3 Å². The Morgan fingerprint density at radius 2 is 1.82 bits per heavy atom. The average Bonchev–Trinajstić information content (AvgIpc) is 3.04. The lowest BCUT2D eigenvalue weighted by atomic mass is 10.2. The standard InChI is InChI=1S/C18H14N2OS/c1-12(21)20-15-10-6-5-9-14(15)17-18(20)22-16(19-17)11-13-7-3-2-4-8-13/h2-10H,11H2,1H3. The highest BCUT2D eigenvalue weighted by Crippen LogP contribution is 2.33. The van der Waals surface area contributed by atoms with Crippen LogP contribution in [0.5, 0.6) is 0 Å². The van der Waals surface area contributed by atoms with Gasteiger partial charge in [0.1, 0.15) is 10.3 Å². The van der Waals surface area contributed by atoms with Crippen LogP contribution in [0.4, 0.5) is 0 Å². The van der Waals surface area contributed by atoms with E-state index in [2.05, 4.69) is 12.1 Å². The number of para-hydroxylation sites is 1. The summed E-state index contributed by atoms with van der Waals surface area (Å²) in [6.45, 7) is 1.60. The van der Waals surface area contributed by atoms with Crippen LogP contribution in [-0.2, 0) is 6.42 Å². The molecule has 0 saturated carbocycles. The summed E-state index contributed by atoms with van der Waals surface area (Å²) in [4.78, 5) is 17.8. The third kappa shape index (κ3) is 2.04. The molecule has 0 aliphatic heterocycles. The minimum atomic E-state index is 0.0288. The molecule has 2 aromatic heterocycles. The first-order valence-corrected chi connectivity index (χ1v) is 7.99. The minimum Gasteiger partial charge on any atom is -0.274 e. The van der Waals surface area contributed by atoms with Gasteiger partial charge in [-0.15, -0.1) is 0 Å². The number of aromatic nitrogens is 2. The summed E-state index contributed by atoms with van der Waals surface area (Å²) in [6.07, 6.45) is 0.798. The number of hydrogen-bond donors (Lipinski definition) is 0. The Bertz CT molecular complexity index is 982. The van der Waals surface area contributed by atoms with Crippen molar-refractivity contribution in [2.24, 2.45) is 0 Å². The molecule has 4 aromatic rings. The van der Waals surface area contributed by atoms with Crippen LogP contribution in [0.2, 0.25) is 0 Å². The molecule has 0 aliphatic rings. The van der Waals surface area contributed by atoms with Crippen LogP contribution in [0.25, 0.3) is 21.3 Å². The van der Waals surface area contributed by atoms with Crippen molar-refractivity contribution < 1.29 is 4.79 Å². The second kappa shape index (κ2) is 5.07. The Kier molecular flexibility index (Phi) is 3.05. The van der Waals surface area contributed by atoms with Gasteiger partial charge in [0.15, 0.2) is 0 Å². The van der Waals surface area contributed by atoms with Gasteiger partial charge in [0.25, 0.3) is 0 Å². The molecule has 0 unspecified atom stereocenters. The predicted octanol–water partition coefficient (Wildman–Crippen LogP) is 4.50. The molecule has 0 radical (unpaired) electrons. The molecule has 0 spiro atoms. The summed E-state index contributed by atoms with van der Waals surface area (Å²) in [5.74, 6) is 0.0288. The van der Waals surface area contributed by atoms with Crippen molar-refractivity contribution in [3.05, 3.63) is 65.2 Å². The van der Waals surface area contributed by atoms with Gasteiger partial charge in [-0.25, -0.2) is 4.98 Å². The number of fused-ring (bicyclic) bond motifs is 3. The van der Waals surface area contributed by atoms with E-state index in [4.69, 9.17) is 4.98 Å². The van der Waals surface area contributed by atoms with Gasteiger partial charge in [-0.2, -0.15) is 0 Å². The smallest absolute Gasteiger partial charge is 0.229 e. The predicted molar refractivity (Wildman–Crippen MR) is 90.7 cm³/mol. The first-order chi connectivity index (χ1) is 10.7. The van der Waals surface area contributed by atoms with Crippen LogP contribution in [-0.4, -0.2) is 15.5 Å². The number of carbonyl (C=O) groups excluding carboxylic acids is 1.